The number of nitrogens with one attached hydrogen (secondary N) is 1. The Labute approximate surface area is 211 Å². The summed E-state index contributed by atoms with van der Waals surface area (Å²) in [5, 5.41) is 15.4. The van der Waals surface area contributed by atoms with E-state index in [4.69, 9.17) is 16.0 Å². The Balaban J connectivity index is 1.42. The molecule has 184 valence electrons. The second-order valence-corrected chi connectivity index (χ2v) is 9.23. The molecule has 36 heavy (non-hydrogen) atoms. The van der Waals surface area contributed by atoms with Crippen molar-refractivity contribution in [2.24, 2.45) is 5.10 Å². The van der Waals surface area contributed by atoms with Crippen LogP contribution in [0.2, 0.25) is 5.02 Å². The van der Waals surface area contributed by atoms with Crippen LogP contribution in [-0.2, 0) is 12.8 Å². The van der Waals surface area contributed by atoms with E-state index in [1.165, 1.54) is 12.1 Å². The molecule has 5 rings (SSSR count). The molecule has 3 aromatic rings. The van der Waals surface area contributed by atoms with Gasteiger partial charge in [0, 0.05) is 41.4 Å². The van der Waals surface area contributed by atoms with Crippen LogP contribution in [0.3, 0.4) is 0 Å². The number of nitro groups is 1. The molecule has 1 aromatic heterocycles. The zero-order chi connectivity index (χ0) is 25.4. The first-order valence-corrected chi connectivity index (χ1v) is 12.1. The predicted molar refractivity (Wildman–Crippen MR) is 135 cm³/mol. The second-order valence-electron chi connectivity index (χ2n) is 8.82. The lowest BCUT2D eigenvalue weighted by Gasteiger charge is -2.28. The zero-order valence-corrected chi connectivity index (χ0v) is 20.3. The number of furan rings is 1. The fourth-order valence-electron chi connectivity index (χ4n) is 4.83. The fraction of sp³-hybridized carbons (Fsp3) is 0.269. The number of benzene rings is 2. The summed E-state index contributed by atoms with van der Waals surface area (Å²) < 4.78 is 6.07. The molecule has 1 aliphatic carbocycles. The van der Waals surface area contributed by atoms with Crippen LogP contribution in [-0.4, -0.2) is 29.0 Å². The monoisotopic (exact) mass is 506 g/mol. The van der Waals surface area contributed by atoms with Crippen molar-refractivity contribution < 1.29 is 18.9 Å². The standard InChI is InChI=1S/C26H23ClN4O5/c1-15-23-19(28-29-25(32)17-11-12-18(27)21(14-17)31(34)35)8-4-10-22(23)36-24(15)26(33)30-13-5-7-16-6-2-3-9-20(16)30/h2-3,6,9,11-12,14H,4-5,7-8,10,13H2,1H3,(H,29,32)/b28-19+. The molecule has 1 aliphatic heterocycles. The first-order valence-electron chi connectivity index (χ1n) is 11.7. The quantitative estimate of drug-likeness (QED) is 0.385. The van der Waals surface area contributed by atoms with Crippen LogP contribution in [0.1, 0.15) is 62.6 Å². The minimum Gasteiger partial charge on any atom is -0.455 e. The number of amides is 2. The van der Waals surface area contributed by atoms with Crippen LogP contribution in [0.25, 0.3) is 0 Å². The highest BCUT2D eigenvalue weighted by Crippen LogP contribution is 2.34. The molecule has 0 fully saturated rings. The smallest absolute Gasteiger partial charge is 0.294 e. The number of nitro benzene ring substituents is 1. The van der Waals surface area contributed by atoms with E-state index in [0.717, 1.165) is 42.1 Å². The van der Waals surface area contributed by atoms with E-state index in [1.807, 2.05) is 31.2 Å². The Bertz CT molecular complexity index is 1430. The average molecular weight is 507 g/mol. The summed E-state index contributed by atoms with van der Waals surface area (Å²) in [7, 11) is 0. The van der Waals surface area contributed by atoms with Crippen molar-refractivity contribution in [1.29, 1.82) is 0 Å². The number of aryl methyl sites for hydroxylation is 2. The number of carbonyl (C=O) groups is 2. The third-order valence-electron chi connectivity index (χ3n) is 6.57. The molecule has 0 atom stereocenters. The minimum atomic E-state index is -0.646. The maximum absolute atomic E-state index is 13.5. The summed E-state index contributed by atoms with van der Waals surface area (Å²) in [5.74, 6) is 0.163. The van der Waals surface area contributed by atoms with Crippen molar-refractivity contribution >= 4 is 40.5 Å². The Morgan fingerprint density at radius 3 is 2.75 bits per heavy atom. The summed E-state index contributed by atoms with van der Waals surface area (Å²) in [5.41, 5.74) is 6.26. The van der Waals surface area contributed by atoms with E-state index >= 15 is 0 Å². The average Bonchev–Trinajstić information content (AvgIpc) is 3.23. The van der Waals surface area contributed by atoms with Crippen molar-refractivity contribution in [3.8, 4) is 0 Å². The number of hydrogen-bond donors (Lipinski definition) is 1. The number of fused-ring (bicyclic) bond motifs is 2. The number of anilines is 1. The van der Waals surface area contributed by atoms with Gasteiger partial charge in [-0.1, -0.05) is 29.8 Å². The summed E-state index contributed by atoms with van der Waals surface area (Å²) in [4.78, 5) is 38.4. The van der Waals surface area contributed by atoms with E-state index in [1.54, 1.807) is 4.90 Å². The van der Waals surface area contributed by atoms with Gasteiger partial charge >= 0.3 is 0 Å². The van der Waals surface area contributed by atoms with Crippen LogP contribution in [0.15, 0.2) is 52.0 Å². The zero-order valence-electron chi connectivity index (χ0n) is 19.5. The highest BCUT2D eigenvalue weighted by Gasteiger charge is 2.32. The molecule has 0 bridgehead atoms. The van der Waals surface area contributed by atoms with Gasteiger partial charge in [0.25, 0.3) is 17.5 Å². The van der Waals surface area contributed by atoms with Crippen LogP contribution in [0.4, 0.5) is 11.4 Å². The SMILES string of the molecule is Cc1c(C(=O)N2CCCc3ccccc32)oc2c1/C(=N/NC(=O)c1ccc(Cl)c([N+](=O)[O-])c1)CCC2. The lowest BCUT2D eigenvalue weighted by atomic mass is 9.93. The van der Waals surface area contributed by atoms with Gasteiger partial charge in [-0.3, -0.25) is 19.7 Å². The van der Waals surface area contributed by atoms with Gasteiger partial charge in [0.1, 0.15) is 10.8 Å². The van der Waals surface area contributed by atoms with E-state index in [2.05, 4.69) is 10.5 Å². The second kappa shape index (κ2) is 9.58. The summed E-state index contributed by atoms with van der Waals surface area (Å²) in [6.07, 6.45) is 3.82. The largest absolute Gasteiger partial charge is 0.455 e. The Kier molecular flexibility index (Phi) is 6.32. The van der Waals surface area contributed by atoms with Crippen LogP contribution >= 0.6 is 11.6 Å². The number of halogens is 1. The van der Waals surface area contributed by atoms with E-state index in [-0.39, 0.29) is 27.9 Å². The number of hydrogen-bond acceptors (Lipinski definition) is 6. The van der Waals surface area contributed by atoms with Gasteiger partial charge in [-0.2, -0.15) is 5.10 Å². The molecule has 2 aromatic carbocycles. The van der Waals surface area contributed by atoms with Crippen molar-refractivity contribution in [1.82, 2.24) is 5.43 Å². The molecule has 0 saturated carbocycles. The number of para-hydroxylation sites is 1. The predicted octanol–water partition coefficient (Wildman–Crippen LogP) is 5.21. The van der Waals surface area contributed by atoms with Crippen molar-refractivity contribution in [3.05, 3.63) is 91.4 Å². The lowest BCUT2D eigenvalue weighted by molar-refractivity contribution is -0.384. The van der Waals surface area contributed by atoms with Crippen molar-refractivity contribution in [2.45, 2.75) is 39.0 Å². The Hall–Kier alpha value is -3.98. The molecule has 9 nitrogen and oxygen atoms in total. The Morgan fingerprint density at radius 2 is 1.94 bits per heavy atom. The van der Waals surface area contributed by atoms with Crippen molar-refractivity contribution in [3.63, 3.8) is 0 Å². The highest BCUT2D eigenvalue weighted by atomic mass is 35.5. The molecule has 0 spiro atoms. The maximum Gasteiger partial charge on any atom is 0.294 e. The van der Waals surface area contributed by atoms with Gasteiger partial charge in [0.05, 0.1) is 10.6 Å². The molecular weight excluding hydrogens is 484 g/mol. The number of rotatable bonds is 4. The first kappa shape index (κ1) is 23.7. The molecule has 0 saturated heterocycles. The summed E-state index contributed by atoms with van der Waals surface area (Å²) in [6.45, 7) is 2.45. The minimum absolute atomic E-state index is 0.0534. The van der Waals surface area contributed by atoms with Gasteiger partial charge in [-0.05, 0) is 56.4 Å². The summed E-state index contributed by atoms with van der Waals surface area (Å²) >= 11 is 5.84. The van der Waals surface area contributed by atoms with Crippen LogP contribution in [0.5, 0.6) is 0 Å². The Morgan fingerprint density at radius 1 is 1.14 bits per heavy atom. The fourth-order valence-corrected chi connectivity index (χ4v) is 5.01. The van der Waals surface area contributed by atoms with Crippen molar-refractivity contribution in [2.75, 3.05) is 11.4 Å². The lowest BCUT2D eigenvalue weighted by Crippen LogP contribution is -2.35. The van der Waals surface area contributed by atoms with Gasteiger partial charge in [0.15, 0.2) is 5.76 Å². The first-order chi connectivity index (χ1) is 17.3. The molecule has 0 radical (unpaired) electrons. The van der Waals surface area contributed by atoms with Gasteiger partial charge in [-0.25, -0.2) is 5.43 Å². The third kappa shape index (κ3) is 4.26. The molecule has 0 unspecified atom stereocenters. The van der Waals surface area contributed by atoms with Gasteiger partial charge < -0.3 is 9.32 Å². The number of nitrogens with zero attached hydrogens (tertiary/aromatic N) is 3. The van der Waals surface area contributed by atoms with E-state index < -0.39 is 10.8 Å². The van der Waals surface area contributed by atoms with Gasteiger partial charge in [-0.15, -0.1) is 0 Å². The molecule has 2 aliphatic rings. The molecule has 1 N–H and O–H groups in total. The topological polar surface area (TPSA) is 118 Å². The highest BCUT2D eigenvalue weighted by molar-refractivity contribution is 6.32. The van der Waals surface area contributed by atoms with Crippen LogP contribution in [0, 0.1) is 17.0 Å². The normalized spacial score (nSPS) is 15.8. The van der Waals surface area contributed by atoms with Crippen LogP contribution < -0.4 is 10.3 Å². The molecular formula is C26H23ClN4O5. The van der Waals surface area contributed by atoms with Gasteiger partial charge in [0.2, 0.25) is 0 Å². The summed E-state index contributed by atoms with van der Waals surface area (Å²) in [6, 6.07) is 11.7. The van der Waals surface area contributed by atoms with E-state index in [0.29, 0.717) is 36.4 Å². The molecule has 2 heterocycles. The molecule has 2 amide bonds. The number of carbonyl (C=O) groups excluding carboxylic acids is 2. The third-order valence-corrected chi connectivity index (χ3v) is 6.89. The number of hydrazone groups is 1. The van der Waals surface area contributed by atoms with E-state index in [9.17, 15) is 19.7 Å². The maximum atomic E-state index is 13.5. The molecule has 10 heteroatoms.